The third-order valence-electron chi connectivity index (χ3n) is 8.31. The van der Waals surface area contributed by atoms with Gasteiger partial charge < -0.3 is 24.2 Å². The highest BCUT2D eigenvalue weighted by molar-refractivity contribution is 5.88. The van der Waals surface area contributed by atoms with Gasteiger partial charge in [-0.3, -0.25) is 4.79 Å². The molecule has 1 heterocycles. The van der Waals surface area contributed by atoms with E-state index in [9.17, 15) is 14.7 Å². The van der Waals surface area contributed by atoms with Gasteiger partial charge in [-0.1, -0.05) is 66.7 Å². The topological polar surface area (TPSA) is 85.3 Å². The minimum Gasteiger partial charge on any atom is -0.493 e. The van der Waals surface area contributed by atoms with Gasteiger partial charge in [-0.15, -0.1) is 0 Å². The van der Waals surface area contributed by atoms with Gasteiger partial charge in [0.05, 0.1) is 13.2 Å². The molecule has 6 rings (SSSR count). The number of nitrogens with zero attached hydrogens (tertiary/aromatic N) is 1. The molecule has 3 aromatic carbocycles. The Kier molecular flexibility index (Phi) is 7.00. The minimum atomic E-state index is -1.06. The van der Waals surface area contributed by atoms with Crippen LogP contribution in [-0.2, 0) is 33.9 Å². The molecule has 0 radical (unpaired) electrons. The number of hydrogen-bond donors (Lipinski definition) is 1. The molecule has 0 aromatic heterocycles. The van der Waals surface area contributed by atoms with Gasteiger partial charge in [-0.25, -0.2) is 4.79 Å². The molecule has 3 aliphatic rings. The Hall–Kier alpha value is -3.84. The third-order valence-corrected chi connectivity index (χ3v) is 8.31. The average molecular weight is 528 g/mol. The molecular weight excluding hydrogens is 494 g/mol. The number of carbonyl (C=O) groups excluding carboxylic acids is 1. The number of carbonyl (C=O) groups is 2. The van der Waals surface area contributed by atoms with Crippen LogP contribution in [0.15, 0.2) is 72.8 Å². The lowest BCUT2D eigenvalue weighted by atomic mass is 9.91. The van der Waals surface area contributed by atoms with Gasteiger partial charge in [0.2, 0.25) is 0 Å². The van der Waals surface area contributed by atoms with E-state index < -0.39 is 18.1 Å². The Morgan fingerprint density at radius 2 is 1.64 bits per heavy atom. The van der Waals surface area contributed by atoms with E-state index in [4.69, 9.17) is 14.2 Å². The molecule has 2 aliphatic carbocycles. The van der Waals surface area contributed by atoms with Crippen LogP contribution < -0.4 is 9.47 Å². The fourth-order valence-electron chi connectivity index (χ4n) is 6.14. The smallest absolute Gasteiger partial charge is 0.326 e. The molecule has 202 valence electrons. The molecule has 2 fully saturated rings. The molecule has 1 aliphatic heterocycles. The second-order valence-corrected chi connectivity index (χ2v) is 10.8. The number of hydrogen-bond acceptors (Lipinski definition) is 5. The Bertz CT molecular complexity index is 1330. The number of aliphatic carboxylic acids is 1. The van der Waals surface area contributed by atoms with E-state index >= 15 is 0 Å². The number of carboxylic acids is 1. The molecule has 7 nitrogen and oxygen atoms in total. The minimum absolute atomic E-state index is 0.0190. The number of amides is 1. The van der Waals surface area contributed by atoms with Crippen LogP contribution in [0.3, 0.4) is 0 Å². The largest absolute Gasteiger partial charge is 0.493 e. The average Bonchev–Trinajstić information content (AvgIpc) is 3.59. The summed E-state index contributed by atoms with van der Waals surface area (Å²) in [4.78, 5) is 28.1. The molecule has 4 atom stereocenters. The van der Waals surface area contributed by atoms with Gasteiger partial charge >= 0.3 is 5.97 Å². The highest BCUT2D eigenvalue weighted by atomic mass is 16.5. The summed E-state index contributed by atoms with van der Waals surface area (Å²) in [5.41, 5.74) is 3.35. The first-order chi connectivity index (χ1) is 19.0. The van der Waals surface area contributed by atoms with Crippen LogP contribution in [0.1, 0.15) is 47.6 Å². The maximum absolute atomic E-state index is 14.1. The van der Waals surface area contributed by atoms with E-state index in [1.807, 2.05) is 72.8 Å². The second kappa shape index (κ2) is 10.7. The van der Waals surface area contributed by atoms with E-state index in [0.717, 1.165) is 35.1 Å². The van der Waals surface area contributed by atoms with E-state index in [0.29, 0.717) is 29.9 Å². The zero-order chi connectivity index (χ0) is 26.9. The molecule has 4 unspecified atom stereocenters. The van der Waals surface area contributed by atoms with Crippen molar-refractivity contribution in [2.75, 3.05) is 7.11 Å². The molecule has 2 saturated carbocycles. The standard InChI is InChI=1S/C32H33NO6/c1-37-28-13-12-22-18-33(27(32(35)36)17-26(22)30(28)38-19-20-8-4-2-5-9-20)31(34)29(21-10-6-3-7-11-21)39-25-15-23-14-24(23)16-25/h2-13,23-25,27,29H,14-19H2,1H3,(H,35,36). The van der Waals surface area contributed by atoms with Crippen LogP contribution in [0.25, 0.3) is 0 Å². The van der Waals surface area contributed by atoms with Crippen molar-refractivity contribution >= 4 is 11.9 Å². The Balaban J connectivity index is 1.30. The van der Waals surface area contributed by atoms with Gasteiger partial charge in [0.1, 0.15) is 12.6 Å². The quantitative estimate of drug-likeness (QED) is 0.413. The summed E-state index contributed by atoms with van der Waals surface area (Å²) in [6.45, 7) is 0.473. The van der Waals surface area contributed by atoms with Crippen LogP contribution in [-0.4, -0.2) is 41.1 Å². The van der Waals surface area contributed by atoms with Crippen LogP contribution in [0.4, 0.5) is 0 Å². The lowest BCUT2D eigenvalue weighted by Crippen LogP contribution is -2.50. The highest BCUT2D eigenvalue weighted by Crippen LogP contribution is 2.53. The number of methoxy groups -OCH3 is 1. The van der Waals surface area contributed by atoms with Gasteiger partial charge in [0.25, 0.3) is 5.91 Å². The van der Waals surface area contributed by atoms with Crippen molar-refractivity contribution in [3.05, 3.63) is 95.1 Å². The molecule has 39 heavy (non-hydrogen) atoms. The summed E-state index contributed by atoms with van der Waals surface area (Å²) in [6.07, 6.45) is 2.48. The number of rotatable bonds is 9. The molecule has 0 bridgehead atoms. The normalized spacial score (nSPS) is 23.9. The first-order valence-corrected chi connectivity index (χ1v) is 13.6. The first-order valence-electron chi connectivity index (χ1n) is 13.6. The predicted molar refractivity (Wildman–Crippen MR) is 144 cm³/mol. The van der Waals surface area contributed by atoms with Crippen molar-refractivity contribution in [1.82, 2.24) is 4.90 Å². The van der Waals surface area contributed by atoms with Gasteiger partial charge in [-0.05, 0) is 53.9 Å². The summed E-state index contributed by atoms with van der Waals surface area (Å²) in [5, 5.41) is 10.3. The van der Waals surface area contributed by atoms with Gasteiger partial charge in [0.15, 0.2) is 17.6 Å². The van der Waals surface area contributed by atoms with E-state index in [2.05, 4.69) is 0 Å². The summed E-state index contributed by atoms with van der Waals surface area (Å²) in [5.74, 6) is 1.11. The SMILES string of the molecule is COc1ccc2c(c1OCc1ccccc1)CC(C(=O)O)N(C(=O)C(OC1CC3CC3C1)c1ccccc1)C2. The number of fused-ring (bicyclic) bond motifs is 2. The number of carboxylic acid groups (broad SMARTS) is 1. The monoisotopic (exact) mass is 527 g/mol. The van der Waals surface area contributed by atoms with Crippen molar-refractivity contribution in [1.29, 1.82) is 0 Å². The lowest BCUT2D eigenvalue weighted by Gasteiger charge is -2.38. The van der Waals surface area contributed by atoms with Crippen LogP contribution in [0.5, 0.6) is 11.5 Å². The summed E-state index contributed by atoms with van der Waals surface area (Å²) >= 11 is 0. The Morgan fingerprint density at radius 3 is 2.31 bits per heavy atom. The Labute approximate surface area is 228 Å². The van der Waals surface area contributed by atoms with Crippen molar-refractivity contribution in [3.63, 3.8) is 0 Å². The van der Waals surface area contributed by atoms with Crippen molar-refractivity contribution in [3.8, 4) is 11.5 Å². The van der Waals surface area contributed by atoms with Crippen molar-refractivity contribution in [2.45, 2.75) is 57.1 Å². The van der Waals surface area contributed by atoms with E-state index in [-0.39, 0.29) is 25.0 Å². The van der Waals surface area contributed by atoms with Crippen LogP contribution in [0, 0.1) is 11.8 Å². The maximum atomic E-state index is 14.1. The summed E-state index contributed by atoms with van der Waals surface area (Å²) in [7, 11) is 1.57. The summed E-state index contributed by atoms with van der Waals surface area (Å²) in [6, 6.07) is 21.9. The molecular formula is C32H33NO6. The van der Waals surface area contributed by atoms with Gasteiger partial charge in [-0.2, -0.15) is 0 Å². The summed E-state index contributed by atoms with van der Waals surface area (Å²) < 4.78 is 18.2. The van der Waals surface area contributed by atoms with E-state index in [1.54, 1.807) is 7.11 Å². The van der Waals surface area contributed by atoms with E-state index in [1.165, 1.54) is 11.3 Å². The van der Waals surface area contributed by atoms with Crippen LogP contribution >= 0.6 is 0 Å². The molecule has 0 spiro atoms. The first kappa shape index (κ1) is 25.4. The fraction of sp³-hybridized carbons (Fsp3) is 0.375. The third kappa shape index (κ3) is 5.23. The number of ether oxygens (including phenoxy) is 3. The highest BCUT2D eigenvalue weighted by Gasteiger charge is 2.48. The van der Waals surface area contributed by atoms with Gasteiger partial charge in [0, 0.05) is 18.5 Å². The molecule has 0 saturated heterocycles. The lowest BCUT2D eigenvalue weighted by molar-refractivity contribution is -0.160. The maximum Gasteiger partial charge on any atom is 0.326 e. The zero-order valence-electron chi connectivity index (χ0n) is 22.0. The predicted octanol–water partition coefficient (Wildman–Crippen LogP) is 5.17. The molecule has 1 amide bonds. The van der Waals surface area contributed by atoms with Crippen molar-refractivity contribution in [2.24, 2.45) is 11.8 Å². The molecule has 3 aromatic rings. The van der Waals surface area contributed by atoms with Crippen molar-refractivity contribution < 1.29 is 28.9 Å². The Morgan fingerprint density at radius 1 is 0.949 bits per heavy atom. The van der Waals surface area contributed by atoms with Crippen LogP contribution in [0.2, 0.25) is 0 Å². The second-order valence-electron chi connectivity index (χ2n) is 10.8. The fourth-order valence-corrected chi connectivity index (χ4v) is 6.14. The number of benzene rings is 3. The zero-order valence-corrected chi connectivity index (χ0v) is 22.0. The molecule has 1 N–H and O–H groups in total. The molecule has 7 heteroatoms.